The fraction of sp³-hybridized carbons (Fsp3) is 0.769. The molecule has 0 N–H and O–H groups in total. The van der Waals surface area contributed by atoms with Gasteiger partial charge in [0.1, 0.15) is 6.10 Å². The summed E-state index contributed by atoms with van der Waals surface area (Å²) in [5.41, 5.74) is 0. The van der Waals surface area contributed by atoms with Crippen molar-refractivity contribution in [2.45, 2.75) is 32.4 Å². The second-order valence-corrected chi connectivity index (χ2v) is 5.34. The number of carbonyl (C=O) groups excluding carboxylic acids is 1. The predicted molar refractivity (Wildman–Crippen MR) is 69.9 cm³/mol. The summed E-state index contributed by atoms with van der Waals surface area (Å²) < 4.78 is 10.6. The lowest BCUT2D eigenvalue weighted by Crippen LogP contribution is -2.51. The number of hydrogen-bond donors (Lipinski definition) is 0. The summed E-state index contributed by atoms with van der Waals surface area (Å²) >= 11 is 0. The summed E-state index contributed by atoms with van der Waals surface area (Å²) in [5, 5.41) is 3.78. The maximum Gasteiger partial charge on any atom is 0.251 e. The highest BCUT2D eigenvalue weighted by atomic mass is 16.5. The second-order valence-electron chi connectivity index (χ2n) is 5.34. The van der Waals surface area contributed by atoms with Gasteiger partial charge in [0, 0.05) is 32.8 Å². The van der Waals surface area contributed by atoms with E-state index in [0.29, 0.717) is 24.9 Å². The van der Waals surface area contributed by atoms with Crippen LogP contribution in [0.1, 0.15) is 24.6 Å². The Morgan fingerprint density at radius 1 is 1.35 bits per heavy atom. The largest absolute Gasteiger partial charge is 0.368 e. The molecule has 2 saturated heterocycles. The van der Waals surface area contributed by atoms with Crippen molar-refractivity contribution in [1.82, 2.24) is 19.9 Å². The van der Waals surface area contributed by atoms with E-state index in [2.05, 4.69) is 15.0 Å². The van der Waals surface area contributed by atoms with E-state index in [0.717, 1.165) is 39.0 Å². The Hall–Kier alpha value is -1.47. The number of aryl methyl sites for hydroxylation is 1. The van der Waals surface area contributed by atoms with Gasteiger partial charge in [-0.25, -0.2) is 0 Å². The first kappa shape index (κ1) is 13.5. The summed E-state index contributed by atoms with van der Waals surface area (Å²) in [6, 6.07) is 0. The van der Waals surface area contributed by atoms with Crippen molar-refractivity contribution in [1.29, 1.82) is 0 Å². The van der Waals surface area contributed by atoms with E-state index in [1.807, 2.05) is 11.8 Å². The van der Waals surface area contributed by atoms with Crippen LogP contribution in [0.25, 0.3) is 0 Å². The molecule has 0 spiro atoms. The molecule has 0 radical (unpaired) electrons. The number of aromatic nitrogens is 2. The fourth-order valence-electron chi connectivity index (χ4n) is 2.70. The van der Waals surface area contributed by atoms with Gasteiger partial charge in [0.25, 0.3) is 5.91 Å². The zero-order valence-corrected chi connectivity index (χ0v) is 11.7. The molecule has 2 aliphatic heterocycles. The molecule has 3 heterocycles. The Bertz CT molecular complexity index is 462. The molecule has 0 aliphatic carbocycles. The van der Waals surface area contributed by atoms with E-state index in [-0.39, 0.29) is 12.0 Å². The highest BCUT2D eigenvalue weighted by molar-refractivity contribution is 5.81. The van der Waals surface area contributed by atoms with Crippen molar-refractivity contribution in [2.75, 3.05) is 32.8 Å². The van der Waals surface area contributed by atoms with E-state index >= 15 is 0 Å². The van der Waals surface area contributed by atoms with Gasteiger partial charge in [0.05, 0.1) is 6.54 Å². The smallest absolute Gasteiger partial charge is 0.251 e. The van der Waals surface area contributed by atoms with Crippen molar-refractivity contribution < 1.29 is 14.1 Å². The quantitative estimate of drug-likeness (QED) is 0.787. The summed E-state index contributed by atoms with van der Waals surface area (Å²) in [4.78, 5) is 20.5. The van der Waals surface area contributed by atoms with Crippen molar-refractivity contribution in [3.63, 3.8) is 0 Å². The lowest BCUT2D eigenvalue weighted by Gasteiger charge is -2.35. The molecule has 110 valence electrons. The maximum absolute atomic E-state index is 12.2. The zero-order chi connectivity index (χ0) is 13.9. The highest BCUT2D eigenvalue weighted by Crippen LogP contribution is 2.16. The van der Waals surface area contributed by atoms with Crippen molar-refractivity contribution in [2.24, 2.45) is 0 Å². The zero-order valence-electron chi connectivity index (χ0n) is 11.7. The number of ether oxygens (including phenoxy) is 1. The third kappa shape index (κ3) is 2.99. The Morgan fingerprint density at radius 3 is 2.75 bits per heavy atom. The van der Waals surface area contributed by atoms with Gasteiger partial charge in [0.15, 0.2) is 5.82 Å². The molecule has 20 heavy (non-hydrogen) atoms. The van der Waals surface area contributed by atoms with Crippen LogP contribution in [0.5, 0.6) is 0 Å². The minimum absolute atomic E-state index is 0.149. The molecule has 7 nitrogen and oxygen atoms in total. The number of hydrogen-bond acceptors (Lipinski definition) is 6. The normalized spacial score (nSPS) is 24.2. The van der Waals surface area contributed by atoms with Crippen molar-refractivity contribution in [3.8, 4) is 0 Å². The van der Waals surface area contributed by atoms with Crippen molar-refractivity contribution >= 4 is 5.91 Å². The van der Waals surface area contributed by atoms with Gasteiger partial charge in [0.2, 0.25) is 5.89 Å². The number of rotatable bonds is 3. The molecule has 1 atom stereocenters. The first-order valence-corrected chi connectivity index (χ1v) is 7.14. The van der Waals surface area contributed by atoms with Gasteiger partial charge in [-0.2, -0.15) is 4.98 Å². The molecule has 2 fully saturated rings. The summed E-state index contributed by atoms with van der Waals surface area (Å²) in [7, 11) is 0. The Balaban J connectivity index is 1.48. The predicted octanol–water partition coefficient (Wildman–Crippen LogP) is 0.201. The van der Waals surface area contributed by atoms with E-state index in [1.54, 1.807) is 0 Å². The molecule has 2 aliphatic rings. The van der Waals surface area contributed by atoms with Crippen molar-refractivity contribution in [3.05, 3.63) is 11.7 Å². The molecule has 3 rings (SSSR count). The summed E-state index contributed by atoms with van der Waals surface area (Å²) in [5.74, 6) is 1.45. The molecule has 0 aromatic carbocycles. The topological polar surface area (TPSA) is 71.7 Å². The first-order valence-electron chi connectivity index (χ1n) is 7.14. The Kier molecular flexibility index (Phi) is 3.98. The molecular weight excluding hydrogens is 260 g/mol. The van der Waals surface area contributed by atoms with Gasteiger partial charge in [-0.05, 0) is 19.8 Å². The van der Waals surface area contributed by atoms with E-state index in [9.17, 15) is 4.79 Å². The van der Waals surface area contributed by atoms with E-state index in [4.69, 9.17) is 9.26 Å². The third-order valence-corrected chi connectivity index (χ3v) is 3.82. The van der Waals surface area contributed by atoms with Crippen LogP contribution in [0.4, 0.5) is 0 Å². The molecule has 0 saturated carbocycles. The van der Waals surface area contributed by atoms with Crippen LogP contribution in [-0.4, -0.2) is 64.7 Å². The van der Waals surface area contributed by atoms with Crippen LogP contribution >= 0.6 is 0 Å². The number of amides is 1. The van der Waals surface area contributed by atoms with Gasteiger partial charge >= 0.3 is 0 Å². The van der Waals surface area contributed by atoms with Gasteiger partial charge in [-0.15, -0.1) is 0 Å². The SMILES string of the molecule is Cc1noc(CN2CCN(C(=O)[C@@H]3CCCO3)CC2)n1. The molecule has 7 heteroatoms. The standard InChI is InChI=1S/C13H20N4O3/c1-10-14-12(20-15-10)9-16-4-6-17(7-5-16)13(18)11-3-2-8-19-11/h11H,2-9H2,1H3/t11-/m0/s1. The highest BCUT2D eigenvalue weighted by Gasteiger charge is 2.30. The van der Waals surface area contributed by atoms with E-state index < -0.39 is 0 Å². The average Bonchev–Trinajstić information content (AvgIpc) is 3.11. The molecule has 0 unspecified atom stereocenters. The average molecular weight is 280 g/mol. The van der Waals surface area contributed by atoms with E-state index in [1.165, 1.54) is 0 Å². The summed E-state index contributed by atoms with van der Waals surface area (Å²) in [6.07, 6.45) is 1.65. The van der Waals surface area contributed by atoms with Gasteiger partial charge < -0.3 is 14.2 Å². The number of piperazine rings is 1. The minimum Gasteiger partial charge on any atom is -0.368 e. The molecule has 1 amide bonds. The monoisotopic (exact) mass is 280 g/mol. The van der Waals surface area contributed by atoms with Crippen LogP contribution in [0, 0.1) is 6.92 Å². The lowest BCUT2D eigenvalue weighted by atomic mass is 10.2. The lowest BCUT2D eigenvalue weighted by molar-refractivity contribution is -0.142. The third-order valence-electron chi connectivity index (χ3n) is 3.82. The van der Waals surface area contributed by atoms with Crippen LogP contribution in [0.3, 0.4) is 0 Å². The first-order chi connectivity index (χ1) is 9.72. The van der Waals surface area contributed by atoms with Crippen LogP contribution < -0.4 is 0 Å². The molecular formula is C13H20N4O3. The molecule has 0 bridgehead atoms. The van der Waals surface area contributed by atoms with Crippen LogP contribution in [0.2, 0.25) is 0 Å². The molecule has 1 aromatic rings. The maximum atomic E-state index is 12.2. The van der Waals surface area contributed by atoms with Gasteiger partial charge in [-0.1, -0.05) is 5.16 Å². The second kappa shape index (κ2) is 5.88. The Labute approximate surface area is 117 Å². The van der Waals surface area contributed by atoms with Crippen LogP contribution in [-0.2, 0) is 16.1 Å². The molecule has 1 aromatic heterocycles. The summed E-state index contributed by atoms with van der Waals surface area (Å²) in [6.45, 7) is 6.33. The van der Waals surface area contributed by atoms with Crippen LogP contribution in [0.15, 0.2) is 4.52 Å². The van der Waals surface area contributed by atoms with Gasteiger partial charge in [-0.3, -0.25) is 9.69 Å². The number of nitrogens with zero attached hydrogens (tertiary/aromatic N) is 4. The number of carbonyl (C=O) groups is 1. The minimum atomic E-state index is -0.208. The Morgan fingerprint density at radius 2 is 2.15 bits per heavy atom. The fourth-order valence-corrected chi connectivity index (χ4v) is 2.70.